The highest BCUT2D eigenvalue weighted by Gasteiger charge is 2.18. The second kappa shape index (κ2) is 3.38. The maximum absolute atomic E-state index is 11.0. The van der Waals surface area contributed by atoms with Crippen molar-refractivity contribution < 1.29 is 4.79 Å². The Bertz CT molecular complexity index is 320. The van der Waals surface area contributed by atoms with Crippen molar-refractivity contribution >= 4 is 23.1 Å². The summed E-state index contributed by atoms with van der Waals surface area (Å²) in [6, 6.07) is 7.58. The van der Waals surface area contributed by atoms with E-state index in [0.29, 0.717) is 18.7 Å². The minimum Gasteiger partial charge on any atom is -0.364 e. The molecule has 2 nitrogen and oxygen atoms in total. The van der Waals surface area contributed by atoms with E-state index in [1.807, 2.05) is 24.3 Å². The molecule has 0 amide bonds. The van der Waals surface area contributed by atoms with Crippen LogP contribution in [-0.4, -0.2) is 18.9 Å². The van der Waals surface area contributed by atoms with Crippen LogP contribution in [0.4, 0.5) is 5.69 Å². The molecule has 68 valence electrons. The number of hydrogen-bond donors (Lipinski definition) is 0. The van der Waals surface area contributed by atoms with E-state index in [1.54, 1.807) is 0 Å². The first-order valence-corrected chi connectivity index (χ1v) is 4.66. The van der Waals surface area contributed by atoms with Gasteiger partial charge >= 0.3 is 0 Å². The van der Waals surface area contributed by atoms with E-state index < -0.39 is 0 Å². The first kappa shape index (κ1) is 8.57. The van der Waals surface area contributed by atoms with Crippen LogP contribution in [-0.2, 0) is 4.79 Å². The quantitative estimate of drug-likeness (QED) is 0.684. The normalized spacial score (nSPS) is 16.7. The van der Waals surface area contributed by atoms with E-state index in [4.69, 9.17) is 11.6 Å². The molecule has 1 heterocycles. The molecule has 1 saturated heterocycles. The van der Waals surface area contributed by atoms with E-state index in [1.165, 1.54) is 0 Å². The van der Waals surface area contributed by atoms with E-state index in [2.05, 4.69) is 4.90 Å². The number of carbonyl (C=O) groups is 1. The molecule has 0 saturated carbocycles. The van der Waals surface area contributed by atoms with Gasteiger partial charge in [-0.1, -0.05) is 11.6 Å². The third-order valence-electron chi connectivity index (χ3n) is 2.22. The molecule has 0 aliphatic carbocycles. The number of halogens is 1. The highest BCUT2D eigenvalue weighted by atomic mass is 35.5. The van der Waals surface area contributed by atoms with Crippen LogP contribution in [0.2, 0.25) is 5.02 Å². The minimum absolute atomic E-state index is 0.315. The molecular formula is C10H10ClNO. The monoisotopic (exact) mass is 195 g/mol. The maximum atomic E-state index is 11.0. The van der Waals surface area contributed by atoms with Gasteiger partial charge in [-0.2, -0.15) is 0 Å². The molecule has 1 aromatic carbocycles. The Morgan fingerprint density at radius 1 is 1.23 bits per heavy atom. The standard InChI is InChI=1S/C10H10ClNO/c11-8-1-3-9(4-2-8)12-6-5-10(13)7-12/h1-4H,5-7H2. The molecule has 1 aliphatic rings. The Balaban J connectivity index is 2.17. The first-order valence-electron chi connectivity index (χ1n) is 4.28. The number of hydrogen-bond acceptors (Lipinski definition) is 2. The van der Waals surface area contributed by atoms with Gasteiger partial charge in [-0.3, -0.25) is 4.79 Å². The highest BCUT2D eigenvalue weighted by Crippen LogP contribution is 2.20. The number of nitrogens with zero attached hydrogens (tertiary/aromatic N) is 1. The Labute approximate surface area is 82.1 Å². The predicted octanol–water partition coefficient (Wildman–Crippen LogP) is 2.12. The van der Waals surface area contributed by atoms with Crippen molar-refractivity contribution in [3.8, 4) is 0 Å². The second-order valence-corrected chi connectivity index (χ2v) is 3.62. The highest BCUT2D eigenvalue weighted by molar-refractivity contribution is 6.30. The van der Waals surface area contributed by atoms with Gasteiger partial charge in [0.1, 0.15) is 0 Å². The fourth-order valence-corrected chi connectivity index (χ4v) is 1.63. The molecule has 0 radical (unpaired) electrons. The number of benzene rings is 1. The van der Waals surface area contributed by atoms with Crippen molar-refractivity contribution in [2.75, 3.05) is 18.0 Å². The van der Waals surface area contributed by atoms with Gasteiger partial charge in [0.25, 0.3) is 0 Å². The molecular weight excluding hydrogens is 186 g/mol. The van der Waals surface area contributed by atoms with Crippen molar-refractivity contribution in [2.45, 2.75) is 6.42 Å². The Kier molecular flexibility index (Phi) is 2.23. The molecule has 0 aromatic heterocycles. The molecule has 1 aromatic rings. The van der Waals surface area contributed by atoms with E-state index >= 15 is 0 Å². The fraction of sp³-hybridized carbons (Fsp3) is 0.300. The average molecular weight is 196 g/mol. The van der Waals surface area contributed by atoms with Crippen molar-refractivity contribution in [2.24, 2.45) is 0 Å². The van der Waals surface area contributed by atoms with Crippen molar-refractivity contribution in [3.05, 3.63) is 29.3 Å². The molecule has 0 atom stereocenters. The van der Waals surface area contributed by atoms with E-state index in [0.717, 1.165) is 17.3 Å². The van der Waals surface area contributed by atoms with E-state index in [-0.39, 0.29) is 0 Å². The van der Waals surface area contributed by atoms with Crippen LogP contribution in [0.1, 0.15) is 6.42 Å². The minimum atomic E-state index is 0.315. The molecule has 3 heteroatoms. The van der Waals surface area contributed by atoms with Gasteiger partial charge in [0.05, 0.1) is 6.54 Å². The van der Waals surface area contributed by atoms with Gasteiger partial charge in [0.2, 0.25) is 0 Å². The number of Topliss-reactive ketones (excluding diaryl/α,β-unsaturated/α-hetero) is 1. The zero-order valence-electron chi connectivity index (χ0n) is 7.16. The molecule has 0 unspecified atom stereocenters. The van der Waals surface area contributed by atoms with Crippen LogP contribution in [0.3, 0.4) is 0 Å². The van der Waals surface area contributed by atoms with Gasteiger partial charge in [-0.05, 0) is 24.3 Å². The summed E-state index contributed by atoms with van der Waals surface area (Å²) < 4.78 is 0. The zero-order valence-corrected chi connectivity index (χ0v) is 7.92. The van der Waals surface area contributed by atoms with Crippen molar-refractivity contribution in [3.63, 3.8) is 0 Å². The number of rotatable bonds is 1. The third kappa shape index (κ3) is 1.83. The van der Waals surface area contributed by atoms with Crippen LogP contribution >= 0.6 is 11.6 Å². The summed E-state index contributed by atoms with van der Waals surface area (Å²) in [4.78, 5) is 13.1. The second-order valence-electron chi connectivity index (χ2n) is 3.19. The molecule has 2 rings (SSSR count). The van der Waals surface area contributed by atoms with Crippen LogP contribution < -0.4 is 4.90 Å². The molecule has 13 heavy (non-hydrogen) atoms. The smallest absolute Gasteiger partial charge is 0.153 e. The van der Waals surface area contributed by atoms with Gasteiger partial charge in [0.15, 0.2) is 5.78 Å². The average Bonchev–Trinajstić information content (AvgIpc) is 2.53. The molecule has 0 bridgehead atoms. The molecule has 1 fully saturated rings. The number of ketones is 1. The summed E-state index contributed by atoms with van der Waals surface area (Å²) in [6.45, 7) is 1.38. The summed E-state index contributed by atoms with van der Waals surface area (Å²) in [7, 11) is 0. The van der Waals surface area contributed by atoms with Crippen LogP contribution in [0, 0.1) is 0 Å². The predicted molar refractivity (Wildman–Crippen MR) is 53.3 cm³/mol. The summed E-state index contributed by atoms with van der Waals surface area (Å²) in [5, 5.41) is 0.731. The summed E-state index contributed by atoms with van der Waals surface area (Å²) in [5.41, 5.74) is 1.08. The van der Waals surface area contributed by atoms with Crippen LogP contribution in [0.25, 0.3) is 0 Å². The van der Waals surface area contributed by atoms with Gasteiger partial charge in [0, 0.05) is 23.7 Å². The van der Waals surface area contributed by atoms with Gasteiger partial charge in [-0.25, -0.2) is 0 Å². The zero-order chi connectivity index (χ0) is 9.26. The first-order chi connectivity index (χ1) is 6.25. The molecule has 0 N–H and O–H groups in total. The molecule has 0 spiro atoms. The fourth-order valence-electron chi connectivity index (χ4n) is 1.50. The topological polar surface area (TPSA) is 20.3 Å². The van der Waals surface area contributed by atoms with Gasteiger partial charge in [-0.15, -0.1) is 0 Å². The Morgan fingerprint density at radius 3 is 2.46 bits per heavy atom. The summed E-state index contributed by atoms with van der Waals surface area (Å²) >= 11 is 5.76. The number of carbonyl (C=O) groups excluding carboxylic acids is 1. The van der Waals surface area contributed by atoms with Crippen molar-refractivity contribution in [1.29, 1.82) is 0 Å². The number of anilines is 1. The Morgan fingerprint density at radius 2 is 1.92 bits per heavy atom. The third-order valence-corrected chi connectivity index (χ3v) is 2.47. The van der Waals surface area contributed by atoms with Crippen molar-refractivity contribution in [1.82, 2.24) is 0 Å². The lowest BCUT2D eigenvalue weighted by Gasteiger charge is -2.15. The Hall–Kier alpha value is -1.02. The van der Waals surface area contributed by atoms with Gasteiger partial charge < -0.3 is 4.90 Å². The molecule has 1 aliphatic heterocycles. The SMILES string of the molecule is O=C1CCN(c2ccc(Cl)cc2)C1. The lowest BCUT2D eigenvalue weighted by molar-refractivity contribution is -0.116. The lowest BCUT2D eigenvalue weighted by Crippen LogP contribution is -2.19. The summed E-state index contributed by atoms with van der Waals surface area (Å²) in [6.07, 6.45) is 0.669. The largest absolute Gasteiger partial charge is 0.364 e. The van der Waals surface area contributed by atoms with Crippen LogP contribution in [0.5, 0.6) is 0 Å². The van der Waals surface area contributed by atoms with E-state index in [9.17, 15) is 4.79 Å². The lowest BCUT2D eigenvalue weighted by atomic mass is 10.3. The maximum Gasteiger partial charge on any atom is 0.153 e. The van der Waals surface area contributed by atoms with Crippen LogP contribution in [0.15, 0.2) is 24.3 Å². The summed E-state index contributed by atoms with van der Waals surface area (Å²) in [5.74, 6) is 0.315.